The van der Waals surface area contributed by atoms with Crippen molar-refractivity contribution in [2.45, 2.75) is 19.4 Å². The smallest absolute Gasteiger partial charge is 0.161 e. The van der Waals surface area contributed by atoms with Gasteiger partial charge >= 0.3 is 0 Å². The molecule has 1 atom stereocenters. The van der Waals surface area contributed by atoms with E-state index in [0.717, 1.165) is 37.6 Å². The molecule has 0 N–H and O–H groups in total. The second-order valence-electron chi connectivity index (χ2n) is 4.86. The highest BCUT2D eigenvalue weighted by Gasteiger charge is 2.25. The van der Waals surface area contributed by atoms with Crippen LogP contribution in [0.4, 0.5) is 0 Å². The topological polar surface area (TPSA) is 30.9 Å². The summed E-state index contributed by atoms with van der Waals surface area (Å²) in [6.45, 7) is 5.03. The Morgan fingerprint density at radius 1 is 1.16 bits per heavy atom. The number of rotatable bonds is 5. The number of ether oxygens (including phenoxy) is 3. The van der Waals surface area contributed by atoms with Crippen LogP contribution < -0.4 is 9.47 Å². The molecule has 0 aromatic heterocycles. The maximum Gasteiger partial charge on any atom is 0.161 e. The zero-order chi connectivity index (χ0) is 13.8. The first-order chi connectivity index (χ1) is 9.21. The lowest BCUT2D eigenvalue weighted by atomic mass is 9.93. The summed E-state index contributed by atoms with van der Waals surface area (Å²) in [6, 6.07) is 4.61. The molecule has 1 aliphatic rings. The summed E-state index contributed by atoms with van der Waals surface area (Å²) in [4.78, 5) is 2.44. The Kier molecular flexibility index (Phi) is 4.66. The molecule has 0 saturated heterocycles. The predicted octanol–water partition coefficient (Wildman–Crippen LogP) is 2.27. The second kappa shape index (κ2) is 6.26. The summed E-state index contributed by atoms with van der Waals surface area (Å²) in [5.74, 6) is 1.63. The third kappa shape index (κ3) is 2.85. The Bertz CT molecular complexity index is 434. The Morgan fingerprint density at radius 3 is 2.47 bits per heavy atom. The molecule has 106 valence electrons. The Balaban J connectivity index is 2.27. The fourth-order valence-corrected chi connectivity index (χ4v) is 2.71. The van der Waals surface area contributed by atoms with Crippen LogP contribution >= 0.6 is 0 Å². The molecule has 0 amide bonds. The zero-order valence-electron chi connectivity index (χ0n) is 12.2. The van der Waals surface area contributed by atoms with E-state index in [9.17, 15) is 0 Å². The SMILES string of the molecule is COCCN1CCc2cc(OC)c(OC)cc2C1C. The van der Waals surface area contributed by atoms with Crippen LogP contribution in [-0.2, 0) is 11.2 Å². The molecule has 1 unspecified atom stereocenters. The Hall–Kier alpha value is -1.26. The van der Waals surface area contributed by atoms with Crippen molar-refractivity contribution in [1.29, 1.82) is 0 Å². The Labute approximate surface area is 115 Å². The van der Waals surface area contributed by atoms with E-state index in [-0.39, 0.29) is 0 Å². The summed E-state index contributed by atoms with van der Waals surface area (Å²) in [6.07, 6.45) is 1.05. The van der Waals surface area contributed by atoms with Crippen LogP contribution in [0.25, 0.3) is 0 Å². The van der Waals surface area contributed by atoms with Crippen molar-refractivity contribution in [2.75, 3.05) is 41.0 Å². The van der Waals surface area contributed by atoms with Crippen LogP contribution in [0.3, 0.4) is 0 Å². The van der Waals surface area contributed by atoms with E-state index in [1.165, 1.54) is 11.1 Å². The summed E-state index contributed by atoms with van der Waals surface area (Å²) in [5, 5.41) is 0. The van der Waals surface area contributed by atoms with Gasteiger partial charge in [0.15, 0.2) is 11.5 Å². The van der Waals surface area contributed by atoms with Crippen molar-refractivity contribution < 1.29 is 14.2 Å². The van der Waals surface area contributed by atoms with Gasteiger partial charge in [0, 0.05) is 26.2 Å². The van der Waals surface area contributed by atoms with Crippen molar-refractivity contribution >= 4 is 0 Å². The minimum atomic E-state index is 0.388. The van der Waals surface area contributed by atoms with Gasteiger partial charge in [0.25, 0.3) is 0 Å². The van der Waals surface area contributed by atoms with Crippen molar-refractivity contribution in [3.8, 4) is 11.5 Å². The summed E-state index contributed by atoms with van der Waals surface area (Å²) in [7, 11) is 5.11. The van der Waals surface area contributed by atoms with Gasteiger partial charge in [0.1, 0.15) is 0 Å². The van der Waals surface area contributed by atoms with Gasteiger partial charge in [-0.25, -0.2) is 0 Å². The van der Waals surface area contributed by atoms with Gasteiger partial charge in [-0.1, -0.05) is 0 Å². The van der Waals surface area contributed by atoms with Gasteiger partial charge in [-0.2, -0.15) is 0 Å². The van der Waals surface area contributed by atoms with Gasteiger partial charge in [0.05, 0.1) is 20.8 Å². The summed E-state index contributed by atoms with van der Waals surface area (Å²) >= 11 is 0. The monoisotopic (exact) mass is 265 g/mol. The molecule has 0 saturated carbocycles. The van der Waals surface area contributed by atoms with Crippen molar-refractivity contribution in [3.05, 3.63) is 23.3 Å². The van der Waals surface area contributed by atoms with E-state index < -0.39 is 0 Å². The number of hydrogen-bond donors (Lipinski definition) is 0. The molecular formula is C15H23NO3. The van der Waals surface area contributed by atoms with Gasteiger partial charge in [-0.05, 0) is 36.6 Å². The van der Waals surface area contributed by atoms with Crippen LogP contribution in [0.15, 0.2) is 12.1 Å². The van der Waals surface area contributed by atoms with Crippen LogP contribution in [0, 0.1) is 0 Å². The molecule has 4 nitrogen and oxygen atoms in total. The van der Waals surface area contributed by atoms with Crippen molar-refractivity contribution in [1.82, 2.24) is 4.90 Å². The molecule has 1 aliphatic heterocycles. The van der Waals surface area contributed by atoms with Gasteiger partial charge in [-0.15, -0.1) is 0 Å². The van der Waals surface area contributed by atoms with E-state index in [1.54, 1.807) is 21.3 Å². The van der Waals surface area contributed by atoms with E-state index in [2.05, 4.69) is 24.0 Å². The van der Waals surface area contributed by atoms with Crippen LogP contribution in [0.5, 0.6) is 11.5 Å². The Morgan fingerprint density at radius 2 is 1.84 bits per heavy atom. The fraction of sp³-hybridized carbons (Fsp3) is 0.600. The first-order valence-electron chi connectivity index (χ1n) is 6.69. The number of nitrogens with zero attached hydrogens (tertiary/aromatic N) is 1. The molecule has 1 aromatic rings. The molecule has 1 aromatic carbocycles. The average molecular weight is 265 g/mol. The first kappa shape index (κ1) is 14.2. The maximum absolute atomic E-state index is 5.40. The number of benzene rings is 1. The summed E-state index contributed by atoms with van der Waals surface area (Å²) < 4.78 is 15.9. The highest BCUT2D eigenvalue weighted by Crippen LogP contribution is 2.37. The molecular weight excluding hydrogens is 242 g/mol. The molecule has 19 heavy (non-hydrogen) atoms. The predicted molar refractivity (Wildman–Crippen MR) is 75.1 cm³/mol. The van der Waals surface area contributed by atoms with Crippen LogP contribution in [0.2, 0.25) is 0 Å². The lowest BCUT2D eigenvalue weighted by Crippen LogP contribution is -2.36. The highest BCUT2D eigenvalue weighted by atomic mass is 16.5. The maximum atomic E-state index is 5.40. The molecule has 0 spiro atoms. The van der Waals surface area contributed by atoms with E-state index >= 15 is 0 Å². The molecule has 4 heteroatoms. The van der Waals surface area contributed by atoms with Gasteiger partial charge in [-0.3, -0.25) is 4.90 Å². The molecule has 0 fully saturated rings. The van der Waals surface area contributed by atoms with Gasteiger partial charge in [0.2, 0.25) is 0 Å². The van der Waals surface area contributed by atoms with E-state index in [4.69, 9.17) is 14.2 Å². The quantitative estimate of drug-likeness (QED) is 0.817. The number of hydrogen-bond acceptors (Lipinski definition) is 4. The van der Waals surface area contributed by atoms with Crippen molar-refractivity contribution in [2.24, 2.45) is 0 Å². The zero-order valence-corrected chi connectivity index (χ0v) is 12.2. The normalized spacial score (nSPS) is 19.1. The molecule has 0 radical (unpaired) electrons. The lowest BCUT2D eigenvalue weighted by molar-refractivity contribution is 0.119. The number of fused-ring (bicyclic) bond motifs is 1. The average Bonchev–Trinajstić information content (AvgIpc) is 2.45. The molecule has 0 aliphatic carbocycles. The van der Waals surface area contributed by atoms with Crippen molar-refractivity contribution in [3.63, 3.8) is 0 Å². The third-order valence-electron chi connectivity index (χ3n) is 3.89. The largest absolute Gasteiger partial charge is 0.493 e. The lowest BCUT2D eigenvalue weighted by Gasteiger charge is -2.35. The van der Waals surface area contributed by atoms with Crippen LogP contribution in [0.1, 0.15) is 24.1 Å². The minimum Gasteiger partial charge on any atom is -0.493 e. The molecule has 1 heterocycles. The number of methoxy groups -OCH3 is 3. The first-order valence-corrected chi connectivity index (χ1v) is 6.69. The molecule has 0 bridgehead atoms. The third-order valence-corrected chi connectivity index (χ3v) is 3.89. The van der Waals surface area contributed by atoms with Crippen LogP contribution in [-0.4, -0.2) is 45.9 Å². The van der Waals surface area contributed by atoms with E-state index in [1.807, 2.05) is 0 Å². The molecule has 2 rings (SSSR count). The highest BCUT2D eigenvalue weighted by molar-refractivity contribution is 5.49. The minimum absolute atomic E-state index is 0.388. The van der Waals surface area contributed by atoms with Gasteiger partial charge < -0.3 is 14.2 Å². The standard InChI is InChI=1S/C15H23NO3/c1-11-13-10-15(19-4)14(18-3)9-12(13)5-6-16(11)7-8-17-2/h9-11H,5-8H2,1-4H3. The summed E-state index contributed by atoms with van der Waals surface area (Å²) in [5.41, 5.74) is 2.69. The fourth-order valence-electron chi connectivity index (χ4n) is 2.71. The van der Waals surface area contributed by atoms with E-state index in [0.29, 0.717) is 6.04 Å². The second-order valence-corrected chi connectivity index (χ2v) is 4.86.